The second-order valence-electron chi connectivity index (χ2n) is 7.23. The molecule has 0 spiro atoms. The number of rotatable bonds is 4. The van der Waals surface area contributed by atoms with Crippen molar-refractivity contribution in [3.8, 4) is 0 Å². The normalized spacial score (nSPS) is 17.4. The van der Waals surface area contributed by atoms with Crippen LogP contribution in [0.15, 0.2) is 48.5 Å². The summed E-state index contributed by atoms with van der Waals surface area (Å²) in [5.41, 5.74) is 3.39. The molecule has 2 aromatic rings. The Bertz CT molecular complexity index is 727. The van der Waals surface area contributed by atoms with Gasteiger partial charge in [0.1, 0.15) is 12.6 Å². The van der Waals surface area contributed by atoms with E-state index in [1.165, 1.54) is 0 Å². The number of hydrogen-bond donors (Lipinski definition) is 0. The van der Waals surface area contributed by atoms with Gasteiger partial charge in [-0.3, -0.25) is 9.59 Å². The molecule has 0 aliphatic carbocycles. The van der Waals surface area contributed by atoms with E-state index in [9.17, 15) is 9.59 Å². The minimum atomic E-state index is 0.544. The first kappa shape index (κ1) is 22.9. The van der Waals surface area contributed by atoms with Gasteiger partial charge >= 0.3 is 0 Å². The number of hydrogen-bond acceptors (Lipinski definition) is 7. The van der Waals surface area contributed by atoms with Crippen molar-refractivity contribution in [2.75, 3.05) is 75.6 Å². The van der Waals surface area contributed by atoms with Crippen molar-refractivity contribution >= 4 is 23.9 Å². The Morgan fingerprint density at radius 1 is 0.516 bits per heavy atom. The Morgan fingerprint density at radius 2 is 0.839 bits per heavy atom. The maximum atomic E-state index is 10.9. The number of nitrogens with zero attached hydrogens (tertiary/aromatic N) is 2. The summed E-state index contributed by atoms with van der Waals surface area (Å²) in [6, 6.07) is 15.1. The minimum Gasteiger partial charge on any atom is -0.378 e. The van der Waals surface area contributed by atoms with Crippen molar-refractivity contribution in [1.82, 2.24) is 0 Å². The lowest BCUT2D eigenvalue weighted by molar-refractivity contribution is 0.0530. The molecule has 0 atom stereocenters. The van der Waals surface area contributed by atoms with E-state index in [1.54, 1.807) is 0 Å². The van der Waals surface area contributed by atoms with E-state index in [0.717, 1.165) is 50.1 Å². The first-order valence-electron chi connectivity index (χ1n) is 10.6. The van der Waals surface area contributed by atoms with Gasteiger partial charge in [-0.15, -0.1) is 0 Å². The molecule has 7 heteroatoms. The highest BCUT2D eigenvalue weighted by molar-refractivity contribution is 5.76. The summed E-state index contributed by atoms with van der Waals surface area (Å²) >= 11 is 0. The van der Waals surface area contributed by atoms with Gasteiger partial charge in [0.05, 0.1) is 39.6 Å². The summed E-state index contributed by atoms with van der Waals surface area (Å²) in [6.45, 7) is 6.38. The van der Waals surface area contributed by atoms with Crippen molar-refractivity contribution in [2.45, 2.75) is 0 Å². The van der Waals surface area contributed by atoms with E-state index in [-0.39, 0.29) is 0 Å². The molecule has 1 aliphatic rings. The number of carbonyl (C=O) groups is 2. The molecule has 2 aromatic carbocycles. The lowest BCUT2D eigenvalue weighted by Crippen LogP contribution is -2.33. The fraction of sp³-hybridized carbons (Fsp3) is 0.417. The second kappa shape index (κ2) is 12.8. The van der Waals surface area contributed by atoms with Crippen LogP contribution in [0.4, 0.5) is 11.4 Å². The highest BCUT2D eigenvalue weighted by Crippen LogP contribution is 2.16. The van der Waals surface area contributed by atoms with Crippen molar-refractivity contribution in [3.05, 3.63) is 59.7 Å². The quantitative estimate of drug-likeness (QED) is 0.697. The standard InChI is InChI=1S/C24H30N2O5/c27-19-21-1-5-23(6-2-21)25-9-13-29-14-10-26(12-16-31-18-17-30-15-11-25)24-7-3-22(20-28)4-8-24/h1-8,19-20H,9-18H2. The molecule has 3 rings (SSSR count). The smallest absolute Gasteiger partial charge is 0.150 e. The lowest BCUT2D eigenvalue weighted by Gasteiger charge is -2.26. The molecule has 0 bridgehead atoms. The van der Waals surface area contributed by atoms with Gasteiger partial charge in [-0.05, 0) is 48.5 Å². The summed E-state index contributed by atoms with van der Waals surface area (Å²) < 4.78 is 17.4. The van der Waals surface area contributed by atoms with E-state index in [2.05, 4.69) is 9.80 Å². The number of aldehydes is 2. The Labute approximate surface area is 183 Å². The van der Waals surface area contributed by atoms with Gasteiger partial charge < -0.3 is 24.0 Å². The summed E-state index contributed by atoms with van der Waals surface area (Å²) in [6.07, 6.45) is 1.69. The highest BCUT2D eigenvalue weighted by atomic mass is 16.5. The van der Waals surface area contributed by atoms with Crippen LogP contribution in [0.1, 0.15) is 20.7 Å². The third-order valence-electron chi connectivity index (χ3n) is 5.18. The fourth-order valence-corrected chi connectivity index (χ4v) is 3.39. The lowest BCUT2D eigenvalue weighted by atomic mass is 10.2. The minimum absolute atomic E-state index is 0.544. The third kappa shape index (κ3) is 7.47. The molecule has 0 amide bonds. The van der Waals surface area contributed by atoms with E-state index in [4.69, 9.17) is 14.2 Å². The van der Waals surface area contributed by atoms with E-state index in [0.29, 0.717) is 50.8 Å². The van der Waals surface area contributed by atoms with Crippen LogP contribution >= 0.6 is 0 Å². The molecule has 0 aromatic heterocycles. The van der Waals surface area contributed by atoms with E-state index in [1.807, 2.05) is 48.5 Å². The highest BCUT2D eigenvalue weighted by Gasteiger charge is 2.10. The zero-order valence-electron chi connectivity index (χ0n) is 17.8. The zero-order valence-corrected chi connectivity index (χ0v) is 17.8. The molecular formula is C24H30N2O5. The summed E-state index contributed by atoms with van der Waals surface area (Å²) in [7, 11) is 0. The van der Waals surface area contributed by atoms with Gasteiger partial charge in [0.25, 0.3) is 0 Å². The largest absolute Gasteiger partial charge is 0.378 e. The van der Waals surface area contributed by atoms with E-state index >= 15 is 0 Å². The summed E-state index contributed by atoms with van der Waals surface area (Å²) in [5, 5.41) is 0. The van der Waals surface area contributed by atoms with Crippen molar-refractivity contribution in [3.63, 3.8) is 0 Å². The average molecular weight is 427 g/mol. The molecule has 0 N–H and O–H groups in total. The number of ether oxygens (including phenoxy) is 3. The van der Waals surface area contributed by atoms with Crippen LogP contribution in [0, 0.1) is 0 Å². The molecule has 166 valence electrons. The second-order valence-corrected chi connectivity index (χ2v) is 7.23. The number of benzene rings is 2. The van der Waals surface area contributed by atoms with Crippen LogP contribution in [0.3, 0.4) is 0 Å². The van der Waals surface area contributed by atoms with Crippen LogP contribution < -0.4 is 9.80 Å². The van der Waals surface area contributed by atoms with Gasteiger partial charge in [0.2, 0.25) is 0 Å². The Balaban J connectivity index is 1.60. The Morgan fingerprint density at radius 3 is 1.16 bits per heavy atom. The van der Waals surface area contributed by atoms with Crippen molar-refractivity contribution in [2.24, 2.45) is 0 Å². The summed E-state index contributed by atoms with van der Waals surface area (Å²) in [4.78, 5) is 26.2. The van der Waals surface area contributed by atoms with Crippen LogP contribution in [-0.4, -0.2) is 78.4 Å². The first-order chi connectivity index (χ1) is 15.3. The SMILES string of the molecule is O=Cc1ccc(N2CCOCCOCCN(c3ccc(C=O)cc3)CCOCC2)cc1. The van der Waals surface area contributed by atoms with Gasteiger partial charge in [0, 0.05) is 48.7 Å². The predicted octanol–water partition coefficient (Wildman–Crippen LogP) is 2.69. The van der Waals surface area contributed by atoms with Crippen molar-refractivity contribution < 1.29 is 23.8 Å². The maximum absolute atomic E-state index is 10.9. The van der Waals surface area contributed by atoms with Crippen LogP contribution in [0.5, 0.6) is 0 Å². The molecule has 0 unspecified atom stereocenters. The van der Waals surface area contributed by atoms with Crippen LogP contribution in [0.25, 0.3) is 0 Å². The van der Waals surface area contributed by atoms with Gasteiger partial charge in [-0.1, -0.05) is 0 Å². The van der Waals surface area contributed by atoms with Gasteiger partial charge in [-0.25, -0.2) is 0 Å². The maximum Gasteiger partial charge on any atom is 0.150 e. The number of anilines is 2. The predicted molar refractivity (Wildman–Crippen MR) is 121 cm³/mol. The molecule has 7 nitrogen and oxygen atoms in total. The molecule has 1 fully saturated rings. The fourth-order valence-electron chi connectivity index (χ4n) is 3.39. The molecule has 1 heterocycles. The molecule has 1 saturated heterocycles. The van der Waals surface area contributed by atoms with Crippen LogP contribution in [-0.2, 0) is 14.2 Å². The topological polar surface area (TPSA) is 68.3 Å². The third-order valence-corrected chi connectivity index (χ3v) is 5.18. The molecule has 0 radical (unpaired) electrons. The Kier molecular flexibility index (Phi) is 9.50. The molecular weight excluding hydrogens is 396 g/mol. The van der Waals surface area contributed by atoms with E-state index < -0.39 is 0 Å². The number of carbonyl (C=O) groups excluding carboxylic acids is 2. The molecule has 0 saturated carbocycles. The molecule has 31 heavy (non-hydrogen) atoms. The molecule has 1 aliphatic heterocycles. The summed E-state index contributed by atoms with van der Waals surface area (Å²) in [5.74, 6) is 0. The van der Waals surface area contributed by atoms with Crippen molar-refractivity contribution in [1.29, 1.82) is 0 Å². The Hall–Kier alpha value is -2.74. The monoisotopic (exact) mass is 426 g/mol. The van der Waals surface area contributed by atoms with Gasteiger partial charge in [0.15, 0.2) is 0 Å². The zero-order chi connectivity index (χ0) is 21.7. The van der Waals surface area contributed by atoms with Gasteiger partial charge in [-0.2, -0.15) is 0 Å². The first-order valence-corrected chi connectivity index (χ1v) is 10.6. The average Bonchev–Trinajstić information content (AvgIpc) is 2.83. The van der Waals surface area contributed by atoms with Crippen LogP contribution in [0.2, 0.25) is 0 Å².